The van der Waals surface area contributed by atoms with E-state index in [1.54, 1.807) is 5.57 Å². The highest BCUT2D eigenvalue weighted by Crippen LogP contribution is 2.43. The van der Waals surface area contributed by atoms with Crippen LogP contribution in [0, 0.1) is 23.7 Å². The Bertz CT molecular complexity index is 2410. The predicted octanol–water partition coefficient (Wildman–Crippen LogP) is 11.9. The van der Waals surface area contributed by atoms with Crippen LogP contribution in [0.5, 0.6) is 0 Å². The lowest BCUT2D eigenvalue weighted by Crippen LogP contribution is -2.36. The first-order valence-corrected chi connectivity index (χ1v) is 22.7. The largest absolute Gasteiger partial charge is 0.260 e. The molecular weight excluding hydrogens is 705 g/mol. The van der Waals surface area contributed by atoms with Crippen LogP contribution in [0.15, 0.2) is 137 Å². The van der Waals surface area contributed by atoms with Crippen molar-refractivity contribution in [3.8, 4) is 0 Å². The minimum atomic E-state index is 0.284. The second-order valence-corrected chi connectivity index (χ2v) is 17.9. The molecule has 1 fully saturated rings. The first-order valence-electron chi connectivity index (χ1n) is 22.7. The highest BCUT2D eigenvalue weighted by atomic mass is 15.0. The number of rotatable bonds is 8. The average molecular weight is 763 g/mol. The first kappa shape index (κ1) is 37.3. The Morgan fingerprint density at radius 2 is 1.45 bits per heavy atom. The molecule has 0 spiro atoms. The van der Waals surface area contributed by atoms with Gasteiger partial charge in [-0.2, -0.15) is 0 Å². The van der Waals surface area contributed by atoms with Gasteiger partial charge >= 0.3 is 0 Å². The summed E-state index contributed by atoms with van der Waals surface area (Å²) in [4.78, 5) is 21.6. The molecule has 10 rings (SSSR count). The van der Waals surface area contributed by atoms with Gasteiger partial charge in [0.1, 0.15) is 5.82 Å². The Balaban J connectivity index is 0.976. The summed E-state index contributed by atoms with van der Waals surface area (Å²) in [6, 6.07) is 8.94. The van der Waals surface area contributed by atoms with E-state index in [1.807, 2.05) is 0 Å². The summed E-state index contributed by atoms with van der Waals surface area (Å²) in [6.07, 6.45) is 54.2. The second kappa shape index (κ2) is 17.1. The summed E-state index contributed by atoms with van der Waals surface area (Å²) in [5, 5.41) is 2.71. The van der Waals surface area contributed by atoms with E-state index >= 15 is 0 Å². The van der Waals surface area contributed by atoms with Gasteiger partial charge in [0.2, 0.25) is 0 Å². The lowest BCUT2D eigenvalue weighted by atomic mass is 9.72. The van der Waals surface area contributed by atoms with Gasteiger partial charge in [-0.3, -0.25) is 4.99 Å². The van der Waals surface area contributed by atoms with Crippen LogP contribution in [0.1, 0.15) is 133 Å². The molecule has 294 valence electrons. The maximum atomic E-state index is 5.44. The van der Waals surface area contributed by atoms with Gasteiger partial charge in [0, 0.05) is 29.7 Å². The third-order valence-corrected chi connectivity index (χ3v) is 14.4. The van der Waals surface area contributed by atoms with Crippen LogP contribution in [0.2, 0.25) is 0 Å². The fraction of sp³-hybridized carbons (Fsp3) is 0.407. The molecule has 0 radical (unpaired) electrons. The third-order valence-electron chi connectivity index (χ3n) is 14.4. The van der Waals surface area contributed by atoms with Crippen molar-refractivity contribution in [2.45, 2.75) is 115 Å². The van der Waals surface area contributed by atoms with E-state index in [0.717, 1.165) is 94.0 Å². The minimum absolute atomic E-state index is 0.284. The quantitative estimate of drug-likeness (QED) is 0.252. The molecule has 1 aromatic heterocycles. The van der Waals surface area contributed by atoms with E-state index in [9.17, 15) is 0 Å². The van der Waals surface area contributed by atoms with Crippen molar-refractivity contribution in [2.24, 2.45) is 28.7 Å². The topological polar surface area (TPSA) is 51.0 Å². The molecule has 3 unspecified atom stereocenters. The average Bonchev–Trinajstić information content (AvgIpc) is 3.32. The Hall–Kier alpha value is -4.96. The van der Waals surface area contributed by atoms with E-state index < -0.39 is 0 Å². The summed E-state index contributed by atoms with van der Waals surface area (Å²) in [5.74, 6) is 5.02. The van der Waals surface area contributed by atoms with Gasteiger partial charge in [0.05, 0.1) is 0 Å². The molecule has 0 bridgehead atoms. The summed E-state index contributed by atoms with van der Waals surface area (Å²) in [6.45, 7) is 0. The molecule has 3 atom stereocenters. The third kappa shape index (κ3) is 7.92. The van der Waals surface area contributed by atoms with Crippen molar-refractivity contribution in [3.05, 3.63) is 160 Å². The van der Waals surface area contributed by atoms with Crippen molar-refractivity contribution in [1.29, 1.82) is 0 Å². The van der Waals surface area contributed by atoms with Crippen LogP contribution in [0.25, 0.3) is 22.8 Å². The van der Waals surface area contributed by atoms with Crippen LogP contribution in [0.4, 0.5) is 0 Å². The number of nitrogens with zero attached hydrogens (tertiary/aromatic N) is 4. The minimum Gasteiger partial charge on any atom is -0.260 e. The first-order chi connectivity index (χ1) is 28.7. The van der Waals surface area contributed by atoms with E-state index in [0.29, 0.717) is 17.8 Å². The number of hydrogen-bond donors (Lipinski definition) is 0. The van der Waals surface area contributed by atoms with Crippen LogP contribution < -0.4 is 10.4 Å². The summed E-state index contributed by atoms with van der Waals surface area (Å²) in [7, 11) is 0. The molecule has 7 aliphatic carbocycles. The molecule has 58 heavy (non-hydrogen) atoms. The fourth-order valence-electron chi connectivity index (χ4n) is 11.1. The van der Waals surface area contributed by atoms with Crippen LogP contribution in [0.3, 0.4) is 0 Å². The van der Waals surface area contributed by atoms with E-state index in [4.69, 9.17) is 19.9 Å². The van der Waals surface area contributed by atoms with Crippen LogP contribution >= 0.6 is 0 Å². The monoisotopic (exact) mass is 762 g/mol. The van der Waals surface area contributed by atoms with Gasteiger partial charge in [-0.1, -0.05) is 120 Å². The molecule has 1 saturated carbocycles. The van der Waals surface area contributed by atoms with Gasteiger partial charge in [-0.15, -0.1) is 0 Å². The Morgan fingerprint density at radius 3 is 2.26 bits per heavy atom. The van der Waals surface area contributed by atoms with E-state index in [1.165, 1.54) is 88.1 Å². The number of benzene rings is 1. The smallest absolute Gasteiger partial charge is 0.159 e. The van der Waals surface area contributed by atoms with Crippen molar-refractivity contribution in [3.63, 3.8) is 0 Å². The second-order valence-electron chi connectivity index (χ2n) is 17.9. The molecule has 0 N–H and O–H groups in total. The number of aliphatic imine (C=N–C) groups is 1. The zero-order chi connectivity index (χ0) is 38.7. The van der Waals surface area contributed by atoms with Crippen molar-refractivity contribution < 1.29 is 0 Å². The van der Waals surface area contributed by atoms with Crippen LogP contribution in [-0.4, -0.2) is 20.7 Å². The summed E-state index contributed by atoms with van der Waals surface area (Å²) in [5.41, 5.74) is 11.3. The number of allylic oxidation sites excluding steroid dienone is 19. The maximum absolute atomic E-state index is 5.44. The summed E-state index contributed by atoms with van der Waals surface area (Å²) < 4.78 is 0. The molecule has 4 nitrogen and oxygen atoms in total. The van der Waals surface area contributed by atoms with E-state index in [2.05, 4.69) is 116 Å². The van der Waals surface area contributed by atoms with Crippen LogP contribution in [-0.2, 0) is 0 Å². The Kier molecular flexibility index (Phi) is 11.0. The SMILES string of the molecule is C1=CCCC(C2=CN=C(C3=c4ccccc4=CCC3)C(C3C=CC=C(c4nc(C5=CC=C(C6C=CC=CC6)CC5)nc(C5CCC(C6=CCCCC6)CC5)n4)C3)C2)=C1. The van der Waals surface area contributed by atoms with E-state index in [-0.39, 0.29) is 5.92 Å². The molecule has 1 aliphatic heterocycles. The molecule has 0 saturated heterocycles. The lowest BCUT2D eigenvalue weighted by molar-refractivity contribution is 0.342. The maximum Gasteiger partial charge on any atom is 0.159 e. The van der Waals surface area contributed by atoms with Gasteiger partial charge in [0.25, 0.3) is 0 Å². The number of fused-ring (bicyclic) bond motifs is 1. The van der Waals surface area contributed by atoms with Gasteiger partial charge in [-0.05, 0) is 159 Å². The predicted molar refractivity (Wildman–Crippen MR) is 241 cm³/mol. The van der Waals surface area contributed by atoms with Gasteiger partial charge < -0.3 is 0 Å². The van der Waals surface area contributed by atoms with Crippen molar-refractivity contribution in [2.75, 3.05) is 0 Å². The highest BCUT2D eigenvalue weighted by Gasteiger charge is 2.34. The zero-order valence-corrected chi connectivity index (χ0v) is 34.2. The van der Waals surface area contributed by atoms with Crippen molar-refractivity contribution >= 4 is 28.5 Å². The molecule has 0 amide bonds. The molecule has 1 aromatic carbocycles. The number of aromatic nitrogens is 3. The Morgan fingerprint density at radius 1 is 0.569 bits per heavy atom. The summed E-state index contributed by atoms with van der Waals surface area (Å²) >= 11 is 0. The molecule has 2 heterocycles. The zero-order valence-electron chi connectivity index (χ0n) is 34.2. The molecular formula is C54H58N4. The molecule has 8 aliphatic rings. The highest BCUT2D eigenvalue weighted by molar-refractivity contribution is 6.20. The normalized spacial score (nSPS) is 28.2. The molecule has 2 aromatic rings. The fourth-order valence-corrected chi connectivity index (χ4v) is 11.1. The van der Waals surface area contributed by atoms with Gasteiger partial charge in [-0.25, -0.2) is 15.0 Å². The standard InChI is InChI=1S/C54H58N4/c1-4-14-37(15-5-1)40-26-30-43(31-27-40)52-56-53(44-32-28-41(29-33-44)38-16-6-2-7-17-38)58-54(57-52)46-23-12-22-45(34-46)50-35-47(39-18-8-3-9-19-39)36-55-51(50)49-25-13-21-42-20-10-11-24-48(42)49/h1,3-5,8,10-12,14,16,18,20-24,26,30,36-37,41,44-45,50H,2,6-7,9,13,15,17,19,25,27-29,31-35H2. The Labute approximate surface area is 345 Å². The van der Waals surface area contributed by atoms with Gasteiger partial charge in [0.15, 0.2) is 11.6 Å². The molecule has 4 heteroatoms. The lowest BCUT2D eigenvalue weighted by Gasteiger charge is -2.34. The van der Waals surface area contributed by atoms with Crippen molar-refractivity contribution in [1.82, 2.24) is 15.0 Å². The number of hydrogen-bond acceptors (Lipinski definition) is 4.